The number of rotatable bonds is 6. The van der Waals surface area contributed by atoms with Crippen LogP contribution in [0.15, 0.2) is 24.3 Å². The average Bonchev–Trinajstić information content (AvgIpc) is 2.66. The standard InChI is InChI=1S/C13H18O4/c1-9(11(14)15)7-13(5-3-4-6-13)8-10(2)12(16)17/h1-8H2,(H,14,15)(H,16,17). The van der Waals surface area contributed by atoms with E-state index < -0.39 is 11.9 Å². The Balaban J connectivity index is 2.76. The minimum absolute atomic E-state index is 0.157. The van der Waals surface area contributed by atoms with E-state index in [1.807, 2.05) is 0 Å². The smallest absolute Gasteiger partial charge is 0.330 e. The van der Waals surface area contributed by atoms with Crippen LogP contribution in [0.25, 0.3) is 0 Å². The van der Waals surface area contributed by atoms with Gasteiger partial charge >= 0.3 is 11.9 Å². The highest BCUT2D eigenvalue weighted by Crippen LogP contribution is 2.47. The fraction of sp³-hybridized carbons (Fsp3) is 0.538. The predicted molar refractivity (Wildman–Crippen MR) is 63.7 cm³/mol. The number of carboxylic acid groups (broad SMARTS) is 2. The lowest BCUT2D eigenvalue weighted by molar-refractivity contribution is -0.133. The summed E-state index contributed by atoms with van der Waals surface area (Å²) in [6.07, 6.45) is 4.44. The third-order valence-corrected chi connectivity index (χ3v) is 3.45. The summed E-state index contributed by atoms with van der Waals surface area (Å²) < 4.78 is 0. The topological polar surface area (TPSA) is 74.6 Å². The van der Waals surface area contributed by atoms with E-state index in [0.29, 0.717) is 12.8 Å². The largest absolute Gasteiger partial charge is 0.478 e. The van der Waals surface area contributed by atoms with Crippen LogP contribution >= 0.6 is 0 Å². The van der Waals surface area contributed by atoms with Crippen LogP contribution in [-0.4, -0.2) is 22.2 Å². The summed E-state index contributed by atoms with van der Waals surface area (Å²) in [6.45, 7) is 7.08. The summed E-state index contributed by atoms with van der Waals surface area (Å²) in [5.74, 6) is -2.01. The van der Waals surface area contributed by atoms with Crippen molar-refractivity contribution in [2.24, 2.45) is 5.41 Å². The van der Waals surface area contributed by atoms with Crippen LogP contribution in [0.1, 0.15) is 38.5 Å². The molecule has 0 saturated heterocycles. The number of carboxylic acids is 2. The zero-order valence-electron chi connectivity index (χ0n) is 9.87. The van der Waals surface area contributed by atoms with Crippen LogP contribution in [0.2, 0.25) is 0 Å². The van der Waals surface area contributed by atoms with Gasteiger partial charge in [-0.1, -0.05) is 26.0 Å². The molecule has 1 aliphatic carbocycles. The maximum absolute atomic E-state index is 10.8. The molecule has 2 N–H and O–H groups in total. The third-order valence-electron chi connectivity index (χ3n) is 3.45. The van der Waals surface area contributed by atoms with Gasteiger partial charge in [0.05, 0.1) is 0 Å². The molecule has 0 amide bonds. The molecule has 4 heteroatoms. The minimum atomic E-state index is -1.00. The maximum atomic E-state index is 10.8. The predicted octanol–water partition coefficient (Wildman–Crippen LogP) is 2.61. The molecular formula is C13H18O4. The van der Waals surface area contributed by atoms with Crippen molar-refractivity contribution in [3.05, 3.63) is 24.3 Å². The first-order valence-electron chi connectivity index (χ1n) is 5.68. The SMILES string of the molecule is C=C(CC1(CC(=C)C(=O)O)CCCC1)C(=O)O. The molecule has 0 aromatic heterocycles. The van der Waals surface area contributed by atoms with E-state index in [1.165, 1.54) is 0 Å². The quantitative estimate of drug-likeness (QED) is 0.697. The van der Waals surface area contributed by atoms with Crippen molar-refractivity contribution in [2.45, 2.75) is 38.5 Å². The summed E-state index contributed by atoms with van der Waals surface area (Å²) in [5.41, 5.74) is 0.0560. The van der Waals surface area contributed by atoms with Gasteiger partial charge in [-0.3, -0.25) is 0 Å². The van der Waals surface area contributed by atoms with Crippen molar-refractivity contribution in [3.63, 3.8) is 0 Å². The van der Waals surface area contributed by atoms with Crippen LogP contribution in [-0.2, 0) is 9.59 Å². The number of hydrogen-bond acceptors (Lipinski definition) is 2. The summed E-state index contributed by atoms with van der Waals surface area (Å²) >= 11 is 0. The number of hydrogen-bond donors (Lipinski definition) is 2. The van der Waals surface area contributed by atoms with Crippen LogP contribution < -0.4 is 0 Å². The molecule has 0 heterocycles. The van der Waals surface area contributed by atoms with Gasteiger partial charge < -0.3 is 10.2 Å². The molecule has 1 saturated carbocycles. The highest BCUT2D eigenvalue weighted by atomic mass is 16.4. The molecule has 0 atom stereocenters. The fourth-order valence-corrected chi connectivity index (χ4v) is 2.60. The van der Waals surface area contributed by atoms with E-state index in [2.05, 4.69) is 13.2 Å². The molecule has 1 fully saturated rings. The third kappa shape index (κ3) is 3.44. The molecule has 0 aromatic carbocycles. The Labute approximate surface area is 101 Å². The molecule has 17 heavy (non-hydrogen) atoms. The molecule has 1 aliphatic rings. The van der Waals surface area contributed by atoms with Crippen molar-refractivity contribution in [1.29, 1.82) is 0 Å². The second-order valence-corrected chi connectivity index (χ2v) is 4.88. The van der Waals surface area contributed by atoms with Gasteiger partial charge in [0.2, 0.25) is 0 Å². The Morgan fingerprint density at radius 3 is 1.59 bits per heavy atom. The van der Waals surface area contributed by atoms with E-state index in [1.54, 1.807) is 0 Å². The molecule has 0 aliphatic heterocycles. The first-order valence-corrected chi connectivity index (χ1v) is 5.68. The summed E-state index contributed by atoms with van der Waals surface area (Å²) in [6, 6.07) is 0. The van der Waals surface area contributed by atoms with Gasteiger partial charge in [0.25, 0.3) is 0 Å². The molecule has 0 aromatic rings. The van der Waals surface area contributed by atoms with Crippen LogP contribution in [0.4, 0.5) is 0 Å². The first kappa shape index (κ1) is 13.5. The second kappa shape index (κ2) is 5.17. The van der Waals surface area contributed by atoms with E-state index in [-0.39, 0.29) is 16.6 Å². The molecular weight excluding hydrogens is 220 g/mol. The first-order chi connectivity index (χ1) is 7.86. The molecule has 4 nitrogen and oxygen atoms in total. The second-order valence-electron chi connectivity index (χ2n) is 4.88. The van der Waals surface area contributed by atoms with Gasteiger partial charge in [0.1, 0.15) is 0 Å². The number of aliphatic carboxylic acids is 2. The van der Waals surface area contributed by atoms with Crippen LogP contribution in [0.3, 0.4) is 0 Å². The van der Waals surface area contributed by atoms with Gasteiger partial charge in [-0.15, -0.1) is 0 Å². The molecule has 0 radical (unpaired) electrons. The van der Waals surface area contributed by atoms with Crippen molar-refractivity contribution < 1.29 is 19.8 Å². The highest BCUT2D eigenvalue weighted by Gasteiger charge is 2.36. The van der Waals surface area contributed by atoms with Crippen molar-refractivity contribution in [2.75, 3.05) is 0 Å². The minimum Gasteiger partial charge on any atom is -0.478 e. The number of carbonyl (C=O) groups is 2. The molecule has 0 spiro atoms. The lowest BCUT2D eigenvalue weighted by Gasteiger charge is -2.29. The van der Waals surface area contributed by atoms with Crippen LogP contribution in [0.5, 0.6) is 0 Å². The fourth-order valence-electron chi connectivity index (χ4n) is 2.60. The van der Waals surface area contributed by atoms with Gasteiger partial charge in [-0.25, -0.2) is 9.59 Å². The van der Waals surface area contributed by atoms with Crippen molar-refractivity contribution in [3.8, 4) is 0 Å². The van der Waals surface area contributed by atoms with E-state index >= 15 is 0 Å². The van der Waals surface area contributed by atoms with Crippen molar-refractivity contribution >= 4 is 11.9 Å². The molecule has 94 valence electrons. The Morgan fingerprint density at radius 1 is 0.941 bits per heavy atom. The normalized spacial score (nSPS) is 17.6. The van der Waals surface area contributed by atoms with Gasteiger partial charge in [0.15, 0.2) is 0 Å². The summed E-state index contributed by atoms with van der Waals surface area (Å²) in [4.78, 5) is 21.6. The lowest BCUT2D eigenvalue weighted by Crippen LogP contribution is -2.22. The van der Waals surface area contributed by atoms with Gasteiger partial charge in [-0.05, 0) is 31.1 Å². The average molecular weight is 238 g/mol. The Hall–Kier alpha value is -1.58. The van der Waals surface area contributed by atoms with Crippen LogP contribution in [0, 0.1) is 5.41 Å². The Morgan fingerprint density at radius 2 is 1.29 bits per heavy atom. The zero-order chi connectivity index (χ0) is 13.1. The van der Waals surface area contributed by atoms with Gasteiger partial charge in [0, 0.05) is 11.1 Å². The molecule has 1 rings (SSSR count). The monoisotopic (exact) mass is 238 g/mol. The van der Waals surface area contributed by atoms with Gasteiger partial charge in [-0.2, -0.15) is 0 Å². The maximum Gasteiger partial charge on any atom is 0.330 e. The Bertz CT molecular complexity index is 332. The molecule has 0 unspecified atom stereocenters. The van der Waals surface area contributed by atoms with Crippen molar-refractivity contribution in [1.82, 2.24) is 0 Å². The van der Waals surface area contributed by atoms with E-state index in [4.69, 9.17) is 10.2 Å². The Kier molecular flexibility index (Phi) is 4.10. The van der Waals surface area contributed by atoms with E-state index in [0.717, 1.165) is 25.7 Å². The zero-order valence-corrected chi connectivity index (χ0v) is 9.87. The summed E-state index contributed by atoms with van der Waals surface area (Å²) in [5, 5.41) is 17.7. The lowest BCUT2D eigenvalue weighted by atomic mass is 9.75. The molecule has 0 bridgehead atoms. The highest BCUT2D eigenvalue weighted by molar-refractivity contribution is 5.87. The van der Waals surface area contributed by atoms with E-state index in [9.17, 15) is 9.59 Å². The summed E-state index contributed by atoms with van der Waals surface area (Å²) in [7, 11) is 0.